The quantitative estimate of drug-likeness (QED) is 0.438. The molecule has 3 amide bonds. The van der Waals surface area contributed by atoms with Crippen LogP contribution in [0, 0.1) is 17.8 Å². The van der Waals surface area contributed by atoms with Crippen LogP contribution >= 0.6 is 11.8 Å². The van der Waals surface area contributed by atoms with Crippen molar-refractivity contribution in [2.24, 2.45) is 17.8 Å². The number of carbonyl (C=O) groups excluding carboxylic acids is 3. The van der Waals surface area contributed by atoms with Crippen LogP contribution in [0.4, 0.5) is 0 Å². The van der Waals surface area contributed by atoms with Crippen LogP contribution in [0.1, 0.15) is 47.0 Å². The fraction of sp³-hybridized carbons (Fsp3) is 0.731. The van der Waals surface area contributed by atoms with Crippen LogP contribution in [-0.4, -0.2) is 92.4 Å². The molecule has 8 heteroatoms. The summed E-state index contributed by atoms with van der Waals surface area (Å²) in [7, 11) is 1.77. The van der Waals surface area contributed by atoms with Gasteiger partial charge in [-0.1, -0.05) is 57.9 Å². The highest BCUT2D eigenvalue weighted by molar-refractivity contribution is 8.02. The van der Waals surface area contributed by atoms with Crippen molar-refractivity contribution in [3.8, 4) is 0 Å². The fourth-order valence-electron chi connectivity index (χ4n) is 6.36. The molecule has 0 saturated carbocycles. The van der Waals surface area contributed by atoms with Gasteiger partial charge in [0.25, 0.3) is 0 Å². The molecule has 4 aliphatic rings. The first-order valence-corrected chi connectivity index (χ1v) is 13.5. The Hall–Kier alpha value is -1.80. The summed E-state index contributed by atoms with van der Waals surface area (Å²) in [6, 6.07) is -1.21. The smallest absolute Gasteiger partial charge is 0.247 e. The van der Waals surface area contributed by atoms with E-state index in [1.54, 1.807) is 28.6 Å². The number of carbonyl (C=O) groups is 3. The van der Waals surface area contributed by atoms with Gasteiger partial charge in [0.1, 0.15) is 6.04 Å². The molecule has 6 atom stereocenters. The number of rotatable bonds is 7. The monoisotopic (exact) mass is 489 g/mol. The lowest BCUT2D eigenvalue weighted by molar-refractivity contribution is -0.147. The standard InChI is InChI=1S/C26H39N3O4S/c1-6-7-8-14-28-15-10-12-26-20(19-22(31)27(5)13-9-11-25(19,4)34-26)23(32)29(21(26)24(28)33)18(16-30)17(2)3/h9-12,17-21,30H,6-8,13-16H2,1-5H3/t18-,19+,20-,21?,25-,26-/m0/s1. The van der Waals surface area contributed by atoms with Crippen LogP contribution in [0.15, 0.2) is 24.3 Å². The average Bonchev–Trinajstić information content (AvgIpc) is 3.06. The number of amides is 3. The molecule has 2 saturated heterocycles. The topological polar surface area (TPSA) is 81.2 Å². The normalized spacial score (nSPS) is 36.0. The van der Waals surface area contributed by atoms with E-state index in [0.29, 0.717) is 19.6 Å². The minimum absolute atomic E-state index is 0.0258. The first kappa shape index (κ1) is 25.3. The molecule has 0 aliphatic carbocycles. The van der Waals surface area contributed by atoms with Crippen molar-refractivity contribution < 1.29 is 19.5 Å². The second kappa shape index (κ2) is 9.34. The summed E-state index contributed by atoms with van der Waals surface area (Å²) < 4.78 is -1.42. The maximum atomic E-state index is 14.2. The van der Waals surface area contributed by atoms with Crippen molar-refractivity contribution in [1.29, 1.82) is 0 Å². The molecule has 188 valence electrons. The molecule has 4 heterocycles. The molecule has 0 aromatic heterocycles. The van der Waals surface area contributed by atoms with Gasteiger partial charge in [-0.25, -0.2) is 0 Å². The number of aliphatic hydroxyl groups is 1. The van der Waals surface area contributed by atoms with Crippen LogP contribution in [-0.2, 0) is 14.4 Å². The number of likely N-dealkylation sites (tertiary alicyclic amines) is 1. The molecule has 0 radical (unpaired) electrons. The van der Waals surface area contributed by atoms with Crippen molar-refractivity contribution >= 4 is 29.5 Å². The Bertz CT molecular complexity index is 904. The number of fused-ring (bicyclic) bond motifs is 2. The van der Waals surface area contributed by atoms with Crippen molar-refractivity contribution in [2.75, 3.05) is 33.3 Å². The van der Waals surface area contributed by atoms with Gasteiger partial charge >= 0.3 is 0 Å². The Kier molecular flexibility index (Phi) is 6.95. The van der Waals surface area contributed by atoms with E-state index in [2.05, 4.69) is 19.1 Å². The largest absolute Gasteiger partial charge is 0.394 e. The predicted molar refractivity (Wildman–Crippen MR) is 134 cm³/mol. The molecule has 34 heavy (non-hydrogen) atoms. The zero-order valence-electron chi connectivity index (χ0n) is 21.1. The summed E-state index contributed by atoms with van der Waals surface area (Å²) in [5.41, 5.74) is 0. The van der Waals surface area contributed by atoms with Gasteiger partial charge in [-0.05, 0) is 19.3 Å². The van der Waals surface area contributed by atoms with E-state index >= 15 is 0 Å². The van der Waals surface area contributed by atoms with Gasteiger partial charge in [0.15, 0.2) is 0 Å². The maximum Gasteiger partial charge on any atom is 0.247 e. The van der Waals surface area contributed by atoms with Crippen LogP contribution in [0.25, 0.3) is 0 Å². The number of thioether (sulfide) groups is 1. The summed E-state index contributed by atoms with van der Waals surface area (Å²) in [6.07, 6.45) is 11.2. The second-order valence-corrected chi connectivity index (χ2v) is 12.5. The zero-order valence-corrected chi connectivity index (χ0v) is 21.9. The molecular formula is C26H39N3O4S. The minimum Gasteiger partial charge on any atom is -0.394 e. The molecular weight excluding hydrogens is 450 g/mol. The number of likely N-dealkylation sites (N-methyl/N-ethyl adjacent to an activating group) is 1. The Morgan fingerprint density at radius 1 is 1.06 bits per heavy atom. The SMILES string of the molecule is CCCCCN1CC=C[C@]23S[C@@]4(C)C=CCN(C)C(=O)[C@H]4[C@H]2C(=O)N([C@@H](CO)C(C)C)C3C1=O. The zero-order chi connectivity index (χ0) is 24.8. The Morgan fingerprint density at radius 3 is 2.41 bits per heavy atom. The third-order valence-corrected chi connectivity index (χ3v) is 9.92. The number of unbranched alkanes of at least 4 members (excludes halogenated alkanes) is 2. The highest BCUT2D eigenvalue weighted by Gasteiger charge is 2.74. The van der Waals surface area contributed by atoms with Crippen LogP contribution in [0.5, 0.6) is 0 Å². The van der Waals surface area contributed by atoms with Gasteiger partial charge in [0.05, 0.1) is 29.2 Å². The average molecular weight is 490 g/mol. The first-order valence-electron chi connectivity index (χ1n) is 12.6. The fourth-order valence-corrected chi connectivity index (χ4v) is 8.50. The van der Waals surface area contributed by atoms with E-state index in [0.717, 1.165) is 19.3 Å². The molecule has 2 fully saturated rings. The van der Waals surface area contributed by atoms with E-state index in [-0.39, 0.29) is 30.2 Å². The van der Waals surface area contributed by atoms with Gasteiger partial charge < -0.3 is 19.8 Å². The van der Waals surface area contributed by atoms with Gasteiger partial charge in [-0.15, -0.1) is 11.8 Å². The summed E-state index contributed by atoms with van der Waals surface area (Å²) in [6.45, 7) is 9.56. The number of hydrogen-bond donors (Lipinski definition) is 1. The highest BCUT2D eigenvalue weighted by Crippen LogP contribution is 2.65. The predicted octanol–water partition coefficient (Wildman–Crippen LogP) is 2.31. The highest BCUT2D eigenvalue weighted by atomic mass is 32.2. The molecule has 1 spiro atoms. The van der Waals surface area contributed by atoms with E-state index in [4.69, 9.17) is 0 Å². The molecule has 4 rings (SSSR count). The lowest BCUT2D eigenvalue weighted by atomic mass is 9.74. The molecule has 7 nitrogen and oxygen atoms in total. The Labute approximate surface area is 207 Å². The molecule has 1 unspecified atom stereocenters. The van der Waals surface area contributed by atoms with E-state index in [1.165, 1.54) is 0 Å². The van der Waals surface area contributed by atoms with E-state index in [9.17, 15) is 19.5 Å². The number of aliphatic hydroxyl groups excluding tert-OH is 1. The van der Waals surface area contributed by atoms with Gasteiger partial charge in [0, 0.05) is 31.4 Å². The molecule has 0 bridgehead atoms. The minimum atomic E-state index is -0.840. The Balaban J connectivity index is 1.85. The van der Waals surface area contributed by atoms with Crippen molar-refractivity contribution in [3.05, 3.63) is 24.3 Å². The van der Waals surface area contributed by atoms with Gasteiger partial charge in [-0.2, -0.15) is 0 Å². The molecule has 4 aliphatic heterocycles. The second-order valence-electron chi connectivity index (χ2n) is 10.8. The van der Waals surface area contributed by atoms with Crippen LogP contribution in [0.3, 0.4) is 0 Å². The van der Waals surface area contributed by atoms with Crippen molar-refractivity contribution in [1.82, 2.24) is 14.7 Å². The van der Waals surface area contributed by atoms with Crippen molar-refractivity contribution in [3.63, 3.8) is 0 Å². The van der Waals surface area contributed by atoms with Crippen molar-refractivity contribution in [2.45, 2.75) is 68.5 Å². The van der Waals surface area contributed by atoms with Crippen LogP contribution in [0.2, 0.25) is 0 Å². The summed E-state index contributed by atoms with van der Waals surface area (Å²) in [4.78, 5) is 47.2. The molecule has 1 N–H and O–H groups in total. The molecule has 0 aromatic rings. The van der Waals surface area contributed by atoms with Gasteiger partial charge in [-0.3, -0.25) is 14.4 Å². The van der Waals surface area contributed by atoms with E-state index < -0.39 is 33.4 Å². The summed E-state index contributed by atoms with van der Waals surface area (Å²) >= 11 is 1.60. The third-order valence-electron chi connectivity index (χ3n) is 8.13. The number of hydrogen-bond acceptors (Lipinski definition) is 5. The first-order chi connectivity index (χ1) is 16.1. The Morgan fingerprint density at radius 2 is 1.76 bits per heavy atom. The van der Waals surface area contributed by atoms with Gasteiger partial charge in [0.2, 0.25) is 17.7 Å². The lowest BCUT2D eigenvalue weighted by Crippen LogP contribution is -2.58. The van der Waals surface area contributed by atoms with E-state index in [1.807, 2.05) is 37.8 Å². The third kappa shape index (κ3) is 3.72. The number of nitrogens with zero attached hydrogens (tertiary/aromatic N) is 3. The van der Waals surface area contributed by atoms with Crippen LogP contribution < -0.4 is 0 Å². The summed E-state index contributed by atoms with van der Waals surface area (Å²) in [5.74, 6) is -1.52. The summed E-state index contributed by atoms with van der Waals surface area (Å²) in [5, 5.41) is 10.3. The molecule has 0 aromatic carbocycles. The lowest BCUT2D eigenvalue weighted by Gasteiger charge is -2.41. The maximum absolute atomic E-state index is 14.2.